The average Bonchev–Trinajstić information content (AvgIpc) is 2.47. The first kappa shape index (κ1) is 20.5. The average molecular weight is 385 g/mol. The van der Waals surface area contributed by atoms with E-state index in [-0.39, 0.29) is 18.1 Å². The predicted octanol–water partition coefficient (Wildman–Crippen LogP) is 1.07. The zero-order valence-corrected chi connectivity index (χ0v) is 16.4. The molecule has 0 spiro atoms. The van der Waals surface area contributed by atoms with Crippen molar-refractivity contribution in [2.24, 2.45) is 0 Å². The molecule has 1 amide bonds. The number of carbonyl (C=O) groups excluding carboxylic acids is 1. The number of aliphatic hydroxyl groups excluding tert-OH is 1. The van der Waals surface area contributed by atoms with Gasteiger partial charge in [0.15, 0.2) is 0 Å². The summed E-state index contributed by atoms with van der Waals surface area (Å²) in [5.74, 6) is 0.317. The Morgan fingerprint density at radius 2 is 2.00 bits per heavy atom. The molecule has 4 N–H and O–H groups in total. The summed E-state index contributed by atoms with van der Waals surface area (Å²) < 4.78 is 31.1. The van der Waals surface area contributed by atoms with Crippen LogP contribution in [0.4, 0.5) is 11.4 Å². The van der Waals surface area contributed by atoms with Crippen LogP contribution in [0.2, 0.25) is 0 Å². The second-order valence-electron chi connectivity index (χ2n) is 7.52. The van der Waals surface area contributed by atoms with Crippen molar-refractivity contribution in [1.82, 2.24) is 5.32 Å². The number of anilines is 2. The number of benzene rings is 1. The lowest BCUT2D eigenvalue weighted by Crippen LogP contribution is -2.42. The minimum Gasteiger partial charge on any atom is -0.490 e. The van der Waals surface area contributed by atoms with Crippen LogP contribution in [0.1, 0.15) is 32.8 Å². The molecule has 0 bridgehead atoms. The minimum atomic E-state index is -3.47. The first-order chi connectivity index (χ1) is 11.9. The fourth-order valence-electron chi connectivity index (χ4n) is 2.54. The van der Waals surface area contributed by atoms with Gasteiger partial charge >= 0.3 is 0 Å². The zero-order chi connectivity index (χ0) is 19.5. The van der Waals surface area contributed by atoms with Crippen LogP contribution in [-0.2, 0) is 21.2 Å². The van der Waals surface area contributed by atoms with Crippen LogP contribution >= 0.6 is 0 Å². The van der Waals surface area contributed by atoms with E-state index in [0.717, 1.165) is 11.8 Å². The third-order valence-electron chi connectivity index (χ3n) is 3.69. The Kier molecular flexibility index (Phi) is 6.15. The summed E-state index contributed by atoms with van der Waals surface area (Å²) in [6.07, 6.45) is 1.14. The van der Waals surface area contributed by atoms with E-state index in [1.807, 2.05) is 20.8 Å². The molecule has 1 heterocycles. The third-order valence-corrected chi connectivity index (χ3v) is 4.29. The van der Waals surface area contributed by atoms with Crippen molar-refractivity contribution in [3.63, 3.8) is 0 Å². The molecule has 9 heteroatoms. The van der Waals surface area contributed by atoms with Gasteiger partial charge in [0, 0.05) is 35.8 Å². The normalized spacial score (nSPS) is 15.8. The monoisotopic (exact) mass is 385 g/mol. The molecule has 2 rings (SSSR count). The fourth-order valence-corrected chi connectivity index (χ4v) is 3.08. The molecule has 1 unspecified atom stereocenters. The number of hydrogen-bond donors (Lipinski definition) is 4. The van der Waals surface area contributed by atoms with E-state index in [4.69, 9.17) is 4.74 Å². The Morgan fingerprint density at radius 3 is 2.62 bits per heavy atom. The Balaban J connectivity index is 2.16. The summed E-state index contributed by atoms with van der Waals surface area (Å²) in [6.45, 7) is 6.41. The van der Waals surface area contributed by atoms with Gasteiger partial charge in [0.2, 0.25) is 15.9 Å². The van der Waals surface area contributed by atoms with Crippen LogP contribution in [-0.4, -0.2) is 50.5 Å². The highest BCUT2D eigenvalue weighted by Gasteiger charge is 2.21. The van der Waals surface area contributed by atoms with Crippen molar-refractivity contribution in [1.29, 1.82) is 0 Å². The van der Waals surface area contributed by atoms with E-state index < -0.39 is 16.1 Å². The largest absolute Gasteiger partial charge is 0.490 e. The Hall–Kier alpha value is -1.84. The Labute approximate surface area is 154 Å². The molecule has 0 radical (unpaired) electrons. The number of fused-ring (bicyclic) bond motifs is 1. The molecule has 1 aromatic carbocycles. The van der Waals surface area contributed by atoms with E-state index in [0.29, 0.717) is 36.5 Å². The fraction of sp³-hybridized carbons (Fsp3) is 0.588. The van der Waals surface area contributed by atoms with Crippen LogP contribution in [0.5, 0.6) is 5.75 Å². The first-order valence-electron chi connectivity index (χ1n) is 8.43. The molecule has 0 saturated heterocycles. The van der Waals surface area contributed by atoms with Gasteiger partial charge in [-0.3, -0.25) is 9.52 Å². The second-order valence-corrected chi connectivity index (χ2v) is 9.27. The molecule has 8 nitrogen and oxygen atoms in total. The van der Waals surface area contributed by atoms with E-state index in [9.17, 15) is 18.3 Å². The molecule has 146 valence electrons. The van der Waals surface area contributed by atoms with E-state index in [2.05, 4.69) is 15.4 Å². The summed E-state index contributed by atoms with van der Waals surface area (Å²) in [5.41, 5.74) is 1.49. The number of hydrogen-bond acceptors (Lipinski definition) is 6. The van der Waals surface area contributed by atoms with Gasteiger partial charge < -0.3 is 20.5 Å². The highest BCUT2D eigenvalue weighted by Crippen LogP contribution is 2.35. The van der Waals surface area contributed by atoms with E-state index in [1.165, 1.54) is 0 Å². The van der Waals surface area contributed by atoms with Gasteiger partial charge in [-0.1, -0.05) is 0 Å². The van der Waals surface area contributed by atoms with Crippen molar-refractivity contribution < 1.29 is 23.1 Å². The highest BCUT2D eigenvalue weighted by molar-refractivity contribution is 7.92. The highest BCUT2D eigenvalue weighted by atomic mass is 32.2. The van der Waals surface area contributed by atoms with E-state index in [1.54, 1.807) is 12.1 Å². The number of rotatable bonds is 7. The number of aliphatic hydroxyl groups is 1. The van der Waals surface area contributed by atoms with Crippen LogP contribution in [0.25, 0.3) is 0 Å². The summed E-state index contributed by atoms with van der Waals surface area (Å²) in [7, 11) is -3.47. The number of nitrogens with one attached hydrogen (secondary N) is 3. The molecule has 1 aliphatic rings. The molecular weight excluding hydrogens is 358 g/mol. The molecule has 0 fully saturated rings. The van der Waals surface area contributed by atoms with Crippen molar-refractivity contribution >= 4 is 27.3 Å². The van der Waals surface area contributed by atoms with Gasteiger partial charge in [-0.05, 0) is 33.3 Å². The lowest BCUT2D eigenvalue weighted by Gasteiger charge is -2.24. The molecule has 26 heavy (non-hydrogen) atoms. The van der Waals surface area contributed by atoms with Gasteiger partial charge in [0.05, 0.1) is 11.9 Å². The summed E-state index contributed by atoms with van der Waals surface area (Å²) in [4.78, 5) is 11.6. The standard InChI is InChI=1S/C17H27N3O5S/c1-17(2,3)18-9-12(21)10-25-15-8-11(20-26(4,23)24)7-14-13(15)5-6-16(22)19-14/h7-8,12,18,20-21H,5-6,9-10H2,1-4H3,(H,19,22). The predicted molar refractivity (Wildman–Crippen MR) is 101 cm³/mol. The van der Waals surface area contributed by atoms with Crippen molar-refractivity contribution in [3.05, 3.63) is 17.7 Å². The Bertz CT molecular complexity index is 771. The lowest BCUT2D eigenvalue weighted by atomic mass is 10.0. The molecule has 1 aliphatic heterocycles. The summed E-state index contributed by atoms with van der Waals surface area (Å²) >= 11 is 0. The van der Waals surface area contributed by atoms with Crippen LogP contribution in [0.15, 0.2) is 12.1 Å². The van der Waals surface area contributed by atoms with Crippen molar-refractivity contribution in [2.45, 2.75) is 45.3 Å². The van der Waals surface area contributed by atoms with Gasteiger partial charge in [-0.2, -0.15) is 0 Å². The van der Waals surface area contributed by atoms with Crippen molar-refractivity contribution in [3.8, 4) is 5.75 Å². The summed E-state index contributed by atoms with van der Waals surface area (Å²) in [5, 5.41) is 16.0. The molecule has 1 aromatic rings. The SMILES string of the molecule is CC(C)(C)NCC(O)COc1cc(NS(C)(=O)=O)cc2c1CCC(=O)N2. The molecule has 0 saturated carbocycles. The first-order valence-corrected chi connectivity index (χ1v) is 10.3. The maximum atomic E-state index is 11.6. The quantitative estimate of drug-likeness (QED) is 0.558. The topological polar surface area (TPSA) is 117 Å². The van der Waals surface area contributed by atoms with Gasteiger partial charge in [-0.15, -0.1) is 0 Å². The van der Waals surface area contributed by atoms with Crippen LogP contribution in [0.3, 0.4) is 0 Å². The van der Waals surface area contributed by atoms with Gasteiger partial charge in [-0.25, -0.2) is 8.42 Å². The molecule has 0 aromatic heterocycles. The minimum absolute atomic E-state index is 0.0474. The van der Waals surface area contributed by atoms with Gasteiger partial charge in [0.1, 0.15) is 18.5 Å². The lowest BCUT2D eigenvalue weighted by molar-refractivity contribution is -0.116. The number of ether oxygens (including phenoxy) is 1. The molecular formula is C17H27N3O5S. The summed E-state index contributed by atoms with van der Waals surface area (Å²) in [6, 6.07) is 3.14. The van der Waals surface area contributed by atoms with Gasteiger partial charge in [0.25, 0.3) is 0 Å². The third kappa shape index (κ3) is 6.47. The molecule has 1 atom stereocenters. The van der Waals surface area contributed by atoms with E-state index >= 15 is 0 Å². The maximum Gasteiger partial charge on any atom is 0.229 e. The van der Waals surface area contributed by atoms with Crippen LogP contribution < -0.4 is 20.1 Å². The zero-order valence-electron chi connectivity index (χ0n) is 15.5. The number of β-amino-alcohol motifs (C(OH)–C–C–N with tert-alkyl or cyclic N) is 1. The number of carbonyl (C=O) groups is 1. The second kappa shape index (κ2) is 7.81. The molecule has 0 aliphatic carbocycles. The van der Waals surface area contributed by atoms with Crippen molar-refractivity contribution in [2.75, 3.05) is 29.4 Å². The Morgan fingerprint density at radius 1 is 1.31 bits per heavy atom. The smallest absolute Gasteiger partial charge is 0.229 e. The number of amides is 1. The van der Waals surface area contributed by atoms with Crippen LogP contribution in [0, 0.1) is 0 Å². The maximum absolute atomic E-state index is 11.6. The number of sulfonamides is 1.